The first-order valence-electron chi connectivity index (χ1n) is 13.4. The number of pyridine rings is 1. The lowest BCUT2D eigenvalue weighted by Gasteiger charge is -2.50. The number of rotatable bonds is 6. The highest BCUT2D eigenvalue weighted by Gasteiger charge is 2.64. The number of fused-ring (bicyclic) bond motifs is 3. The number of aryl methyl sites for hydroxylation is 2. The van der Waals surface area contributed by atoms with Crippen LogP contribution in [0.4, 0.5) is 5.69 Å². The van der Waals surface area contributed by atoms with Gasteiger partial charge in [0.15, 0.2) is 11.4 Å². The summed E-state index contributed by atoms with van der Waals surface area (Å²) in [5.74, 6) is -6.58. The third-order valence-electron chi connectivity index (χ3n) is 8.66. The third kappa shape index (κ3) is 4.18. The van der Waals surface area contributed by atoms with Crippen molar-refractivity contribution in [3.63, 3.8) is 0 Å². The highest BCUT2D eigenvalue weighted by atomic mass is 16.3. The van der Waals surface area contributed by atoms with E-state index in [1.165, 1.54) is 4.90 Å². The normalized spacial score (nSPS) is 25.7. The van der Waals surface area contributed by atoms with Crippen molar-refractivity contribution in [2.24, 2.45) is 17.6 Å². The van der Waals surface area contributed by atoms with Crippen molar-refractivity contribution in [3.8, 4) is 5.75 Å². The van der Waals surface area contributed by atoms with Crippen LogP contribution in [0.25, 0.3) is 5.76 Å². The van der Waals surface area contributed by atoms with E-state index in [2.05, 4.69) is 4.98 Å². The number of phenolic OH excluding ortho intramolecular Hbond substituents is 1. The fraction of sp³-hybridized carbons (Fsp3) is 0.400. The van der Waals surface area contributed by atoms with E-state index in [4.69, 9.17) is 5.73 Å². The maximum Gasteiger partial charge on any atom is 0.255 e. The number of aromatic nitrogens is 1. The van der Waals surface area contributed by atoms with E-state index in [1.807, 2.05) is 37.2 Å². The van der Waals surface area contributed by atoms with Crippen LogP contribution in [0.15, 0.2) is 47.5 Å². The number of hydrogen-bond donors (Lipinski definition) is 5. The number of Topliss-reactive ketones (excluding diaryl/α,β-unsaturated/α-hetero) is 2. The van der Waals surface area contributed by atoms with Gasteiger partial charge in [0.25, 0.3) is 5.91 Å². The number of carbonyl (C=O) groups excluding carboxylic acids is 3. The van der Waals surface area contributed by atoms with Gasteiger partial charge in [-0.15, -0.1) is 0 Å². The molecule has 0 saturated heterocycles. The molecule has 1 heterocycles. The van der Waals surface area contributed by atoms with Crippen molar-refractivity contribution in [1.82, 2.24) is 9.88 Å². The Balaban J connectivity index is 1.68. The molecule has 0 spiro atoms. The van der Waals surface area contributed by atoms with Gasteiger partial charge in [0.2, 0.25) is 5.78 Å². The fourth-order valence-corrected chi connectivity index (χ4v) is 6.76. The SMILES string of the molecule is CN(C)c1cc(CCc2cccnc2)c(O)c2c1C[C@H]1C[C@H]3[C@@H](N(C)C)C(=O)C(C(N)=O)=C(O)[C@@]3(O)C(=O)C1=C2O. The minimum atomic E-state index is -2.66. The minimum Gasteiger partial charge on any atom is -0.508 e. The Morgan fingerprint density at radius 2 is 1.85 bits per heavy atom. The average molecular weight is 563 g/mol. The number of nitrogens with zero attached hydrogens (tertiary/aromatic N) is 3. The molecule has 41 heavy (non-hydrogen) atoms. The number of benzene rings is 1. The summed E-state index contributed by atoms with van der Waals surface area (Å²) >= 11 is 0. The summed E-state index contributed by atoms with van der Waals surface area (Å²) in [4.78, 5) is 47.0. The van der Waals surface area contributed by atoms with Gasteiger partial charge in [0.05, 0.1) is 11.6 Å². The Kier molecular flexibility index (Phi) is 6.91. The van der Waals surface area contributed by atoms with E-state index in [9.17, 15) is 34.8 Å². The maximum atomic E-state index is 14.1. The first-order chi connectivity index (χ1) is 19.3. The number of anilines is 1. The summed E-state index contributed by atoms with van der Waals surface area (Å²) in [5.41, 5.74) is 4.71. The standard InChI is InChI=1S/C30H34N4O7/c1-33(2)19-12-15(8-7-14-6-5-9-32-13-14)24(35)21-17(19)10-16-11-18-23(34(3)4)26(37)22(29(31)40)28(39)30(18,41)27(38)20(16)25(21)36/h5-6,9,12-13,16,18,23,35-36,39,41H,7-8,10-11H2,1-4H3,(H2,31,40)/t16-,18-,23+,30-/m0/s1. The van der Waals surface area contributed by atoms with Crippen LogP contribution < -0.4 is 10.6 Å². The number of likely N-dealkylation sites (N-methyl/N-ethyl adjacent to an activating group) is 1. The molecule has 4 atom stereocenters. The number of aliphatic hydroxyl groups is 3. The molecular weight excluding hydrogens is 528 g/mol. The minimum absolute atomic E-state index is 0.0438. The molecule has 1 fully saturated rings. The number of ketones is 2. The van der Waals surface area contributed by atoms with Crippen molar-refractivity contribution in [2.75, 3.05) is 33.1 Å². The third-order valence-corrected chi connectivity index (χ3v) is 8.66. The van der Waals surface area contributed by atoms with Gasteiger partial charge in [-0.05, 0) is 74.5 Å². The first-order valence-corrected chi connectivity index (χ1v) is 13.4. The van der Waals surface area contributed by atoms with Crippen LogP contribution in [0, 0.1) is 11.8 Å². The maximum absolute atomic E-state index is 14.1. The van der Waals surface area contributed by atoms with E-state index in [1.54, 1.807) is 26.5 Å². The summed E-state index contributed by atoms with van der Waals surface area (Å²) in [5, 5.41) is 45.8. The van der Waals surface area contributed by atoms with Crippen molar-refractivity contribution in [1.29, 1.82) is 0 Å². The van der Waals surface area contributed by atoms with Crippen molar-refractivity contribution in [2.45, 2.75) is 37.3 Å². The second-order valence-electron chi connectivity index (χ2n) is 11.5. The van der Waals surface area contributed by atoms with Crippen LogP contribution in [-0.4, -0.2) is 87.6 Å². The smallest absolute Gasteiger partial charge is 0.255 e. The average Bonchev–Trinajstić information content (AvgIpc) is 2.90. The van der Waals surface area contributed by atoms with E-state index < -0.39 is 58.0 Å². The summed E-state index contributed by atoms with van der Waals surface area (Å²) < 4.78 is 0. The Morgan fingerprint density at radius 1 is 1.15 bits per heavy atom. The number of amides is 1. The summed E-state index contributed by atoms with van der Waals surface area (Å²) in [6.45, 7) is 0. The van der Waals surface area contributed by atoms with Gasteiger partial charge < -0.3 is 31.1 Å². The molecule has 5 rings (SSSR count). The van der Waals surface area contributed by atoms with Crippen molar-refractivity contribution in [3.05, 3.63) is 69.8 Å². The molecular formula is C30H34N4O7. The van der Waals surface area contributed by atoms with E-state index in [0.29, 0.717) is 24.0 Å². The molecule has 0 bridgehead atoms. The molecule has 1 amide bonds. The van der Waals surface area contributed by atoms with Gasteiger partial charge >= 0.3 is 0 Å². The fourth-order valence-electron chi connectivity index (χ4n) is 6.76. The quantitative estimate of drug-likeness (QED) is 0.322. The molecule has 6 N–H and O–H groups in total. The van der Waals surface area contributed by atoms with Crippen molar-refractivity contribution >= 4 is 28.9 Å². The second kappa shape index (κ2) is 10.0. The molecule has 3 aliphatic carbocycles. The Bertz CT molecular complexity index is 1530. The van der Waals surface area contributed by atoms with Gasteiger partial charge in [0.1, 0.15) is 22.8 Å². The summed E-state index contributed by atoms with van der Waals surface area (Å²) in [6, 6.07) is 4.49. The molecule has 3 aliphatic rings. The van der Waals surface area contributed by atoms with Crippen LogP contribution >= 0.6 is 0 Å². The van der Waals surface area contributed by atoms with Crippen LogP contribution in [-0.2, 0) is 33.6 Å². The highest BCUT2D eigenvalue weighted by Crippen LogP contribution is 2.54. The van der Waals surface area contributed by atoms with Crippen LogP contribution in [0.5, 0.6) is 5.75 Å². The van der Waals surface area contributed by atoms with E-state index in [0.717, 1.165) is 11.3 Å². The van der Waals surface area contributed by atoms with E-state index >= 15 is 0 Å². The van der Waals surface area contributed by atoms with Gasteiger partial charge in [-0.1, -0.05) is 6.07 Å². The Morgan fingerprint density at radius 3 is 2.44 bits per heavy atom. The van der Waals surface area contributed by atoms with Gasteiger partial charge in [-0.3, -0.25) is 24.3 Å². The van der Waals surface area contributed by atoms with Crippen LogP contribution in [0.2, 0.25) is 0 Å². The predicted molar refractivity (Wildman–Crippen MR) is 150 cm³/mol. The summed E-state index contributed by atoms with van der Waals surface area (Å²) in [6.07, 6.45) is 4.69. The summed E-state index contributed by atoms with van der Waals surface area (Å²) in [7, 11) is 6.83. The largest absolute Gasteiger partial charge is 0.508 e. The monoisotopic (exact) mass is 562 g/mol. The molecule has 0 radical (unpaired) electrons. The molecule has 1 saturated carbocycles. The predicted octanol–water partition coefficient (Wildman–Crippen LogP) is 1.21. The van der Waals surface area contributed by atoms with Crippen LogP contribution in [0.3, 0.4) is 0 Å². The zero-order valence-corrected chi connectivity index (χ0v) is 23.4. The number of carbonyl (C=O) groups is 3. The molecule has 1 aromatic carbocycles. The zero-order chi connectivity index (χ0) is 30.0. The topological polar surface area (TPSA) is 178 Å². The van der Waals surface area contributed by atoms with Crippen molar-refractivity contribution < 1.29 is 34.8 Å². The first kappa shape index (κ1) is 28.3. The lowest BCUT2D eigenvalue weighted by molar-refractivity contribution is -0.153. The molecule has 0 aliphatic heterocycles. The zero-order valence-electron chi connectivity index (χ0n) is 23.4. The van der Waals surface area contributed by atoms with Crippen LogP contribution in [0.1, 0.15) is 28.7 Å². The van der Waals surface area contributed by atoms with E-state index in [-0.39, 0.29) is 29.7 Å². The molecule has 0 unspecified atom stereocenters. The number of hydrogen-bond acceptors (Lipinski definition) is 10. The Hall–Kier alpha value is -4.22. The molecule has 1 aromatic heterocycles. The number of primary amides is 1. The molecule has 11 nitrogen and oxygen atoms in total. The number of aromatic hydroxyl groups is 1. The molecule has 11 heteroatoms. The number of aliphatic hydroxyl groups excluding tert-OH is 2. The van der Waals surface area contributed by atoms with Gasteiger partial charge in [-0.2, -0.15) is 0 Å². The lowest BCUT2D eigenvalue weighted by atomic mass is 9.57. The number of phenols is 1. The highest BCUT2D eigenvalue weighted by molar-refractivity contribution is 6.24. The second-order valence-corrected chi connectivity index (χ2v) is 11.5. The Labute approximate surface area is 237 Å². The molecule has 2 aromatic rings. The number of nitrogens with two attached hydrogens (primary N) is 1. The van der Waals surface area contributed by atoms with Gasteiger partial charge in [-0.25, -0.2) is 0 Å². The van der Waals surface area contributed by atoms with Gasteiger partial charge in [0, 0.05) is 43.7 Å². The lowest BCUT2D eigenvalue weighted by Crippen LogP contribution is -2.65. The molecule has 216 valence electrons.